The van der Waals surface area contributed by atoms with Gasteiger partial charge in [0, 0.05) is 36.3 Å². The number of alkyl halides is 3. The van der Waals surface area contributed by atoms with E-state index in [4.69, 9.17) is 0 Å². The second-order valence-corrected chi connectivity index (χ2v) is 6.43. The van der Waals surface area contributed by atoms with Crippen LogP contribution in [0.15, 0.2) is 35.2 Å². The van der Waals surface area contributed by atoms with Crippen LogP contribution in [0, 0.1) is 0 Å². The van der Waals surface area contributed by atoms with Gasteiger partial charge in [0.1, 0.15) is 5.82 Å². The highest BCUT2D eigenvalue weighted by Gasteiger charge is 2.31. The Hall–Kier alpha value is -2.09. The lowest BCUT2D eigenvalue weighted by atomic mass is 10.0. The Morgan fingerprint density at radius 2 is 2.00 bits per heavy atom. The van der Waals surface area contributed by atoms with Gasteiger partial charge in [-0.3, -0.25) is 4.79 Å². The molecule has 1 N–H and O–H groups in total. The molecule has 1 fully saturated rings. The summed E-state index contributed by atoms with van der Waals surface area (Å²) in [6, 6.07) is 4.30. The van der Waals surface area contributed by atoms with Crippen molar-refractivity contribution in [2.24, 2.45) is 0 Å². The van der Waals surface area contributed by atoms with E-state index in [2.05, 4.69) is 10.3 Å². The Bertz CT molecular complexity index is 678. The zero-order chi connectivity index (χ0) is 17.2. The third-order valence-electron chi connectivity index (χ3n) is 4.01. The van der Waals surface area contributed by atoms with Crippen molar-refractivity contribution in [3.8, 4) is 0 Å². The molecule has 128 valence electrons. The SMILES string of the molecule is O=C(NC1CCN(c2ccc(C(F)(F)F)cn2)CC1)c1ccsc1. The Morgan fingerprint density at radius 1 is 1.25 bits per heavy atom. The van der Waals surface area contributed by atoms with E-state index in [1.54, 1.807) is 11.4 Å². The van der Waals surface area contributed by atoms with Gasteiger partial charge in [-0.15, -0.1) is 0 Å². The largest absolute Gasteiger partial charge is 0.417 e. The first-order chi connectivity index (χ1) is 11.4. The molecule has 0 unspecified atom stereocenters. The number of hydrogen-bond acceptors (Lipinski definition) is 4. The summed E-state index contributed by atoms with van der Waals surface area (Å²) in [4.78, 5) is 17.9. The Morgan fingerprint density at radius 3 is 2.54 bits per heavy atom. The summed E-state index contributed by atoms with van der Waals surface area (Å²) < 4.78 is 37.7. The normalized spacial score (nSPS) is 16.2. The molecule has 1 saturated heterocycles. The number of nitrogens with one attached hydrogen (secondary N) is 1. The summed E-state index contributed by atoms with van der Waals surface area (Å²) in [6.45, 7) is 1.29. The zero-order valence-electron chi connectivity index (χ0n) is 12.7. The molecule has 3 heterocycles. The smallest absolute Gasteiger partial charge is 0.356 e. The van der Waals surface area contributed by atoms with Crippen molar-refractivity contribution in [3.05, 3.63) is 46.3 Å². The molecule has 0 aromatic carbocycles. The number of anilines is 1. The van der Waals surface area contributed by atoms with Gasteiger partial charge in [-0.05, 0) is 36.4 Å². The number of amides is 1. The highest BCUT2D eigenvalue weighted by Crippen LogP contribution is 2.29. The number of carbonyl (C=O) groups excluding carboxylic acids is 1. The quantitative estimate of drug-likeness (QED) is 0.916. The van der Waals surface area contributed by atoms with Crippen LogP contribution in [0.3, 0.4) is 0 Å². The number of pyridine rings is 1. The fourth-order valence-electron chi connectivity index (χ4n) is 2.66. The van der Waals surface area contributed by atoms with Crippen LogP contribution in [0.1, 0.15) is 28.8 Å². The maximum Gasteiger partial charge on any atom is 0.417 e. The van der Waals surface area contributed by atoms with Crippen LogP contribution >= 0.6 is 11.3 Å². The maximum atomic E-state index is 12.6. The molecule has 3 rings (SSSR count). The lowest BCUT2D eigenvalue weighted by Gasteiger charge is -2.33. The number of carbonyl (C=O) groups is 1. The predicted molar refractivity (Wildman–Crippen MR) is 86.3 cm³/mol. The maximum absolute atomic E-state index is 12.6. The fraction of sp³-hybridized carbons (Fsp3) is 0.375. The van der Waals surface area contributed by atoms with Gasteiger partial charge in [-0.1, -0.05) is 0 Å². The standard InChI is InChI=1S/C16H16F3N3OS/c17-16(18,19)12-1-2-14(20-9-12)22-6-3-13(4-7-22)21-15(23)11-5-8-24-10-11/h1-2,5,8-10,13H,3-4,6-7H2,(H,21,23). The number of aromatic nitrogens is 1. The van der Waals surface area contributed by atoms with E-state index >= 15 is 0 Å². The van der Waals surface area contributed by atoms with Crippen molar-refractivity contribution < 1.29 is 18.0 Å². The molecular formula is C16H16F3N3OS. The molecule has 1 amide bonds. The molecule has 0 bridgehead atoms. The highest BCUT2D eigenvalue weighted by molar-refractivity contribution is 7.08. The van der Waals surface area contributed by atoms with Crippen molar-refractivity contribution in [1.82, 2.24) is 10.3 Å². The van der Waals surface area contributed by atoms with E-state index in [1.165, 1.54) is 17.4 Å². The summed E-state index contributed by atoms with van der Waals surface area (Å²) in [6.07, 6.45) is -2.04. The van der Waals surface area contributed by atoms with Gasteiger partial charge in [0.2, 0.25) is 0 Å². The molecule has 2 aromatic rings. The zero-order valence-corrected chi connectivity index (χ0v) is 13.5. The molecule has 0 spiro atoms. The highest BCUT2D eigenvalue weighted by atomic mass is 32.1. The van der Waals surface area contributed by atoms with Gasteiger partial charge in [0.05, 0.1) is 5.56 Å². The lowest BCUT2D eigenvalue weighted by Crippen LogP contribution is -2.44. The van der Waals surface area contributed by atoms with Crippen LogP contribution in [0.2, 0.25) is 0 Å². The van der Waals surface area contributed by atoms with Crippen molar-refractivity contribution in [2.45, 2.75) is 25.1 Å². The summed E-state index contributed by atoms with van der Waals surface area (Å²) in [5.74, 6) is 0.452. The van der Waals surface area contributed by atoms with Crippen LogP contribution in [0.4, 0.5) is 19.0 Å². The van der Waals surface area contributed by atoms with Gasteiger partial charge in [-0.2, -0.15) is 24.5 Å². The molecular weight excluding hydrogens is 339 g/mol. The summed E-state index contributed by atoms with van der Waals surface area (Å²) in [5.41, 5.74) is -0.0870. The number of rotatable bonds is 3. The predicted octanol–water partition coefficient (Wildman–Crippen LogP) is 3.56. The van der Waals surface area contributed by atoms with E-state index in [0.717, 1.165) is 25.1 Å². The number of thiophene rings is 1. The average molecular weight is 355 g/mol. The number of piperidine rings is 1. The molecule has 2 aromatic heterocycles. The Kier molecular flexibility index (Phi) is 4.75. The van der Waals surface area contributed by atoms with Crippen LogP contribution in [-0.4, -0.2) is 30.0 Å². The van der Waals surface area contributed by atoms with Gasteiger partial charge in [0.15, 0.2) is 0 Å². The van der Waals surface area contributed by atoms with Crippen molar-refractivity contribution >= 4 is 23.1 Å². The van der Waals surface area contributed by atoms with E-state index < -0.39 is 11.7 Å². The molecule has 0 radical (unpaired) electrons. The third kappa shape index (κ3) is 3.87. The summed E-state index contributed by atoms with van der Waals surface area (Å²) in [5, 5.41) is 6.65. The topological polar surface area (TPSA) is 45.2 Å². The fourth-order valence-corrected chi connectivity index (χ4v) is 3.29. The monoisotopic (exact) mass is 355 g/mol. The first kappa shape index (κ1) is 16.8. The van der Waals surface area contributed by atoms with Gasteiger partial charge >= 0.3 is 6.18 Å². The van der Waals surface area contributed by atoms with Crippen molar-refractivity contribution in [2.75, 3.05) is 18.0 Å². The van der Waals surface area contributed by atoms with Crippen molar-refractivity contribution in [3.63, 3.8) is 0 Å². The Balaban J connectivity index is 1.54. The minimum absolute atomic E-state index is 0.0723. The van der Waals surface area contributed by atoms with E-state index in [1.807, 2.05) is 10.3 Å². The minimum Gasteiger partial charge on any atom is -0.356 e. The molecule has 1 aliphatic rings. The second-order valence-electron chi connectivity index (χ2n) is 5.65. The van der Waals surface area contributed by atoms with E-state index in [-0.39, 0.29) is 11.9 Å². The third-order valence-corrected chi connectivity index (χ3v) is 4.70. The molecule has 0 aliphatic carbocycles. The van der Waals surface area contributed by atoms with Gasteiger partial charge < -0.3 is 10.2 Å². The lowest BCUT2D eigenvalue weighted by molar-refractivity contribution is -0.137. The number of nitrogens with zero attached hydrogens (tertiary/aromatic N) is 2. The molecule has 0 saturated carbocycles. The van der Waals surface area contributed by atoms with Crippen LogP contribution < -0.4 is 10.2 Å². The molecule has 4 nitrogen and oxygen atoms in total. The van der Waals surface area contributed by atoms with Crippen LogP contribution in [0.5, 0.6) is 0 Å². The van der Waals surface area contributed by atoms with E-state index in [0.29, 0.717) is 24.5 Å². The second kappa shape index (κ2) is 6.80. The first-order valence-corrected chi connectivity index (χ1v) is 8.49. The van der Waals surface area contributed by atoms with Crippen LogP contribution in [0.25, 0.3) is 0 Å². The molecule has 24 heavy (non-hydrogen) atoms. The average Bonchev–Trinajstić information content (AvgIpc) is 3.09. The first-order valence-electron chi connectivity index (χ1n) is 7.55. The Labute approximate surface area is 141 Å². The molecule has 0 atom stereocenters. The van der Waals surface area contributed by atoms with E-state index in [9.17, 15) is 18.0 Å². The molecule has 8 heteroatoms. The number of halogens is 3. The minimum atomic E-state index is -4.37. The van der Waals surface area contributed by atoms with Crippen LogP contribution in [-0.2, 0) is 6.18 Å². The van der Waals surface area contributed by atoms with Gasteiger partial charge in [-0.25, -0.2) is 4.98 Å². The number of hydrogen-bond donors (Lipinski definition) is 1. The summed E-state index contributed by atoms with van der Waals surface area (Å²) >= 11 is 1.47. The molecule has 1 aliphatic heterocycles. The van der Waals surface area contributed by atoms with Gasteiger partial charge in [0.25, 0.3) is 5.91 Å². The summed E-state index contributed by atoms with van der Waals surface area (Å²) in [7, 11) is 0. The van der Waals surface area contributed by atoms with Crippen molar-refractivity contribution in [1.29, 1.82) is 0 Å².